The second-order valence-electron chi connectivity index (χ2n) is 4.25. The van der Waals surface area contributed by atoms with E-state index in [1.807, 2.05) is 11.6 Å². The Morgan fingerprint density at radius 3 is 2.50 bits per heavy atom. The van der Waals surface area contributed by atoms with E-state index in [1.165, 1.54) is 4.31 Å². The minimum atomic E-state index is -3.75. The zero-order valence-corrected chi connectivity index (χ0v) is 11.6. The van der Waals surface area contributed by atoms with Gasteiger partial charge in [-0.3, -0.25) is 0 Å². The summed E-state index contributed by atoms with van der Waals surface area (Å²) in [7, 11) is -2.62. The molecule has 106 valence electrons. The summed E-state index contributed by atoms with van der Waals surface area (Å²) >= 11 is 0. The Kier molecular flexibility index (Phi) is 5.83. The van der Waals surface area contributed by atoms with E-state index in [4.69, 9.17) is 0 Å². The van der Waals surface area contributed by atoms with Crippen molar-refractivity contribution in [3.8, 4) is 0 Å². The SMILES string of the molecule is CCNCC1CCN(S(=O)(=O)NC(=O)OC)CC1. The molecule has 0 spiro atoms. The number of ether oxygens (including phenoxy) is 1. The molecule has 8 heteroatoms. The van der Waals surface area contributed by atoms with Crippen LogP contribution in [0.5, 0.6) is 0 Å². The first-order valence-corrected chi connectivity index (χ1v) is 7.50. The fraction of sp³-hybridized carbons (Fsp3) is 0.900. The van der Waals surface area contributed by atoms with Crippen LogP contribution < -0.4 is 10.0 Å². The number of nitrogens with zero attached hydrogens (tertiary/aromatic N) is 1. The average molecular weight is 279 g/mol. The monoisotopic (exact) mass is 279 g/mol. The lowest BCUT2D eigenvalue weighted by molar-refractivity contribution is 0.176. The highest BCUT2D eigenvalue weighted by Gasteiger charge is 2.29. The highest BCUT2D eigenvalue weighted by Crippen LogP contribution is 2.18. The first kappa shape index (κ1) is 15.2. The number of carbonyl (C=O) groups is 1. The van der Waals surface area contributed by atoms with Crippen molar-refractivity contribution in [2.24, 2.45) is 5.92 Å². The van der Waals surface area contributed by atoms with Gasteiger partial charge in [-0.15, -0.1) is 0 Å². The van der Waals surface area contributed by atoms with E-state index < -0.39 is 16.3 Å². The molecule has 0 unspecified atom stereocenters. The van der Waals surface area contributed by atoms with E-state index in [0.29, 0.717) is 19.0 Å². The van der Waals surface area contributed by atoms with Gasteiger partial charge in [0.2, 0.25) is 0 Å². The van der Waals surface area contributed by atoms with Gasteiger partial charge in [0.25, 0.3) is 0 Å². The van der Waals surface area contributed by atoms with Crippen molar-refractivity contribution >= 4 is 16.3 Å². The summed E-state index contributed by atoms with van der Waals surface area (Å²) in [6, 6.07) is 0. The van der Waals surface area contributed by atoms with Crippen LogP contribution in [0.25, 0.3) is 0 Å². The molecule has 1 heterocycles. The van der Waals surface area contributed by atoms with Crippen LogP contribution in [0.2, 0.25) is 0 Å². The lowest BCUT2D eigenvalue weighted by Crippen LogP contribution is -2.47. The van der Waals surface area contributed by atoms with Crippen LogP contribution in [0.15, 0.2) is 0 Å². The summed E-state index contributed by atoms with van der Waals surface area (Å²) in [5.74, 6) is 0.495. The predicted molar refractivity (Wildman–Crippen MR) is 67.3 cm³/mol. The van der Waals surface area contributed by atoms with Crippen molar-refractivity contribution < 1.29 is 17.9 Å². The molecule has 0 atom stereocenters. The molecule has 1 aliphatic heterocycles. The maximum Gasteiger partial charge on any atom is 0.421 e. The summed E-state index contributed by atoms with van der Waals surface area (Å²) in [5, 5.41) is 3.26. The van der Waals surface area contributed by atoms with Gasteiger partial charge < -0.3 is 10.1 Å². The maximum absolute atomic E-state index is 11.8. The topological polar surface area (TPSA) is 87.7 Å². The molecule has 0 aromatic heterocycles. The zero-order chi connectivity index (χ0) is 13.6. The molecule has 1 rings (SSSR count). The molecule has 1 aliphatic rings. The van der Waals surface area contributed by atoms with Crippen LogP contribution in [-0.4, -0.2) is 52.1 Å². The van der Waals surface area contributed by atoms with Gasteiger partial charge in [0.15, 0.2) is 0 Å². The van der Waals surface area contributed by atoms with E-state index in [-0.39, 0.29) is 0 Å². The number of nitrogens with one attached hydrogen (secondary N) is 2. The van der Waals surface area contributed by atoms with E-state index in [2.05, 4.69) is 10.1 Å². The van der Waals surface area contributed by atoms with Gasteiger partial charge >= 0.3 is 16.3 Å². The van der Waals surface area contributed by atoms with Crippen LogP contribution in [0.4, 0.5) is 4.79 Å². The number of carbonyl (C=O) groups excluding carboxylic acids is 1. The highest BCUT2D eigenvalue weighted by molar-refractivity contribution is 7.87. The number of amides is 1. The van der Waals surface area contributed by atoms with E-state index in [0.717, 1.165) is 33.0 Å². The molecule has 2 N–H and O–H groups in total. The van der Waals surface area contributed by atoms with Gasteiger partial charge in [-0.2, -0.15) is 12.7 Å². The number of rotatable bonds is 5. The van der Waals surface area contributed by atoms with Gasteiger partial charge in [-0.1, -0.05) is 6.92 Å². The largest absolute Gasteiger partial charge is 0.452 e. The Balaban J connectivity index is 2.44. The lowest BCUT2D eigenvalue weighted by atomic mass is 9.98. The minimum Gasteiger partial charge on any atom is -0.452 e. The second-order valence-corrected chi connectivity index (χ2v) is 5.92. The molecule has 1 fully saturated rings. The molecular weight excluding hydrogens is 258 g/mol. The van der Waals surface area contributed by atoms with Gasteiger partial charge in [-0.25, -0.2) is 9.52 Å². The molecule has 1 saturated heterocycles. The molecular formula is C10H21N3O4S. The van der Waals surface area contributed by atoms with Gasteiger partial charge in [0.1, 0.15) is 0 Å². The lowest BCUT2D eigenvalue weighted by Gasteiger charge is -2.30. The normalized spacial score (nSPS) is 18.6. The van der Waals surface area contributed by atoms with Gasteiger partial charge in [0, 0.05) is 13.1 Å². The number of hydrogen-bond donors (Lipinski definition) is 2. The van der Waals surface area contributed by atoms with Crippen LogP contribution >= 0.6 is 0 Å². The Labute approximate surface area is 108 Å². The molecule has 0 bridgehead atoms. The molecule has 1 amide bonds. The molecule has 7 nitrogen and oxygen atoms in total. The Morgan fingerprint density at radius 2 is 2.00 bits per heavy atom. The van der Waals surface area contributed by atoms with Crippen LogP contribution in [0, 0.1) is 5.92 Å². The van der Waals surface area contributed by atoms with Crippen molar-refractivity contribution in [3.63, 3.8) is 0 Å². The summed E-state index contributed by atoms with van der Waals surface area (Å²) in [4.78, 5) is 10.9. The third-order valence-electron chi connectivity index (χ3n) is 2.99. The fourth-order valence-corrected chi connectivity index (χ4v) is 3.03. The third-order valence-corrected chi connectivity index (χ3v) is 4.46. The number of piperidine rings is 1. The standard InChI is InChI=1S/C10H21N3O4S/c1-3-11-8-9-4-6-13(7-5-9)18(15,16)12-10(14)17-2/h9,11H,3-8H2,1-2H3,(H,12,14). The highest BCUT2D eigenvalue weighted by atomic mass is 32.2. The zero-order valence-electron chi connectivity index (χ0n) is 10.8. The smallest absolute Gasteiger partial charge is 0.421 e. The molecule has 0 radical (unpaired) electrons. The van der Waals surface area contributed by atoms with Crippen LogP contribution in [-0.2, 0) is 14.9 Å². The Morgan fingerprint density at radius 1 is 1.39 bits per heavy atom. The van der Waals surface area contributed by atoms with Crippen molar-refractivity contribution in [2.45, 2.75) is 19.8 Å². The van der Waals surface area contributed by atoms with E-state index >= 15 is 0 Å². The molecule has 0 saturated carbocycles. The quantitative estimate of drug-likeness (QED) is 0.734. The van der Waals surface area contributed by atoms with Crippen molar-refractivity contribution in [1.82, 2.24) is 14.3 Å². The first-order chi connectivity index (χ1) is 8.49. The van der Waals surface area contributed by atoms with Crippen molar-refractivity contribution in [3.05, 3.63) is 0 Å². The van der Waals surface area contributed by atoms with Gasteiger partial charge in [-0.05, 0) is 31.8 Å². The Hall–Kier alpha value is -0.860. The molecule has 0 aromatic rings. The minimum absolute atomic E-state index is 0.433. The first-order valence-electron chi connectivity index (χ1n) is 6.06. The van der Waals surface area contributed by atoms with Gasteiger partial charge in [0.05, 0.1) is 7.11 Å². The maximum atomic E-state index is 11.8. The van der Waals surface area contributed by atoms with Crippen LogP contribution in [0.1, 0.15) is 19.8 Å². The van der Waals surface area contributed by atoms with E-state index in [1.54, 1.807) is 0 Å². The molecule has 0 aliphatic carbocycles. The average Bonchev–Trinajstić information content (AvgIpc) is 2.36. The molecule has 18 heavy (non-hydrogen) atoms. The predicted octanol–water partition coefficient (Wildman–Crippen LogP) is -0.0913. The summed E-state index contributed by atoms with van der Waals surface area (Å²) < 4.78 is 31.0. The number of methoxy groups -OCH3 is 1. The fourth-order valence-electron chi connectivity index (χ4n) is 1.91. The summed E-state index contributed by atoms with van der Waals surface area (Å²) in [5.41, 5.74) is 0. The number of hydrogen-bond acceptors (Lipinski definition) is 5. The second kappa shape index (κ2) is 6.91. The van der Waals surface area contributed by atoms with E-state index in [9.17, 15) is 13.2 Å². The van der Waals surface area contributed by atoms with Crippen molar-refractivity contribution in [1.29, 1.82) is 0 Å². The Bertz CT molecular complexity index is 363. The summed E-state index contributed by atoms with van der Waals surface area (Å²) in [6.45, 7) is 4.74. The molecule has 0 aromatic carbocycles. The third kappa shape index (κ3) is 4.43. The van der Waals surface area contributed by atoms with Crippen molar-refractivity contribution in [2.75, 3.05) is 33.3 Å². The summed E-state index contributed by atoms with van der Waals surface area (Å²) in [6.07, 6.45) is 0.647. The van der Waals surface area contributed by atoms with Crippen LogP contribution in [0.3, 0.4) is 0 Å².